The summed E-state index contributed by atoms with van der Waals surface area (Å²) in [6.45, 7) is 10.8. The first-order valence-electron chi connectivity index (χ1n) is 8.49. The second-order valence-electron chi connectivity index (χ2n) is 8.11. The lowest BCUT2D eigenvalue weighted by atomic mass is 10.0. The summed E-state index contributed by atoms with van der Waals surface area (Å²) in [6, 6.07) is 0.798. The number of nitrogens with one attached hydrogen (secondary N) is 2. The Morgan fingerprint density at radius 3 is 2.05 bits per heavy atom. The SMILES string of the molecule is CC(C)C(CNC(C1CC1)C1CC1)NC(=O)OC(C)(C)C. The second-order valence-corrected chi connectivity index (χ2v) is 8.11. The fraction of sp³-hybridized carbons (Fsp3) is 0.941. The third-order valence-corrected chi connectivity index (χ3v) is 4.34. The van der Waals surface area contributed by atoms with Crippen molar-refractivity contribution in [1.29, 1.82) is 0 Å². The molecule has 0 radical (unpaired) electrons. The van der Waals surface area contributed by atoms with Crippen molar-refractivity contribution in [3.8, 4) is 0 Å². The van der Waals surface area contributed by atoms with Crippen LogP contribution in [0.15, 0.2) is 0 Å². The van der Waals surface area contributed by atoms with Crippen molar-refractivity contribution in [2.24, 2.45) is 17.8 Å². The molecule has 2 aliphatic rings. The Balaban J connectivity index is 1.79. The Hall–Kier alpha value is -0.770. The molecule has 0 saturated heterocycles. The van der Waals surface area contributed by atoms with Gasteiger partial charge in [-0.1, -0.05) is 13.8 Å². The van der Waals surface area contributed by atoms with Gasteiger partial charge in [0.25, 0.3) is 0 Å². The van der Waals surface area contributed by atoms with E-state index in [-0.39, 0.29) is 12.1 Å². The van der Waals surface area contributed by atoms with Gasteiger partial charge in [0.05, 0.1) is 0 Å². The molecule has 0 aromatic heterocycles. The van der Waals surface area contributed by atoms with Crippen LogP contribution in [0, 0.1) is 17.8 Å². The van der Waals surface area contributed by atoms with E-state index in [2.05, 4.69) is 24.5 Å². The molecule has 0 aromatic rings. The van der Waals surface area contributed by atoms with Gasteiger partial charge in [0.2, 0.25) is 0 Å². The van der Waals surface area contributed by atoms with Crippen molar-refractivity contribution < 1.29 is 9.53 Å². The molecule has 0 aliphatic heterocycles. The molecule has 2 saturated carbocycles. The van der Waals surface area contributed by atoms with Crippen LogP contribution in [0.3, 0.4) is 0 Å². The van der Waals surface area contributed by atoms with Crippen LogP contribution in [-0.2, 0) is 4.74 Å². The van der Waals surface area contributed by atoms with E-state index in [1.54, 1.807) is 0 Å². The average Bonchev–Trinajstić information content (AvgIpc) is 3.19. The fourth-order valence-corrected chi connectivity index (χ4v) is 2.80. The molecule has 0 bridgehead atoms. The first-order chi connectivity index (χ1) is 9.76. The molecule has 2 fully saturated rings. The van der Waals surface area contributed by atoms with Crippen molar-refractivity contribution in [3.63, 3.8) is 0 Å². The van der Waals surface area contributed by atoms with Crippen molar-refractivity contribution >= 4 is 6.09 Å². The minimum absolute atomic E-state index is 0.125. The molecular formula is C17H32N2O2. The maximum Gasteiger partial charge on any atom is 0.407 e. The highest BCUT2D eigenvalue weighted by Gasteiger charge is 2.41. The summed E-state index contributed by atoms with van der Waals surface area (Å²) in [5.74, 6) is 2.16. The van der Waals surface area contributed by atoms with Crippen molar-refractivity contribution in [3.05, 3.63) is 0 Å². The fourth-order valence-electron chi connectivity index (χ4n) is 2.80. The largest absolute Gasteiger partial charge is 0.444 e. The van der Waals surface area contributed by atoms with Crippen molar-refractivity contribution in [2.75, 3.05) is 6.54 Å². The lowest BCUT2D eigenvalue weighted by Gasteiger charge is -2.28. The number of ether oxygens (including phenoxy) is 1. The average molecular weight is 296 g/mol. The molecule has 1 amide bonds. The topological polar surface area (TPSA) is 50.4 Å². The molecule has 4 heteroatoms. The first-order valence-corrected chi connectivity index (χ1v) is 8.49. The van der Waals surface area contributed by atoms with E-state index >= 15 is 0 Å². The standard InChI is InChI=1S/C17H32N2O2/c1-11(2)14(19-16(20)21-17(3,4)5)10-18-15(12-6-7-12)13-8-9-13/h11-15,18H,6-10H2,1-5H3,(H,19,20). The number of amides is 1. The molecule has 2 aliphatic carbocycles. The quantitative estimate of drug-likeness (QED) is 0.758. The van der Waals surface area contributed by atoms with Crippen LogP contribution >= 0.6 is 0 Å². The lowest BCUT2D eigenvalue weighted by Crippen LogP contribution is -2.49. The van der Waals surface area contributed by atoms with Gasteiger partial charge in [0.15, 0.2) is 0 Å². The van der Waals surface area contributed by atoms with Crippen LogP contribution in [0.2, 0.25) is 0 Å². The van der Waals surface area contributed by atoms with E-state index in [1.807, 2.05) is 20.8 Å². The maximum atomic E-state index is 11.9. The van der Waals surface area contributed by atoms with E-state index in [9.17, 15) is 4.79 Å². The molecular weight excluding hydrogens is 264 g/mol. The monoisotopic (exact) mass is 296 g/mol. The highest BCUT2D eigenvalue weighted by molar-refractivity contribution is 5.68. The number of carbonyl (C=O) groups is 1. The van der Waals surface area contributed by atoms with Gasteiger partial charge in [0.1, 0.15) is 5.60 Å². The first kappa shape index (κ1) is 16.6. The van der Waals surface area contributed by atoms with Crippen LogP contribution in [0.25, 0.3) is 0 Å². The highest BCUT2D eigenvalue weighted by atomic mass is 16.6. The Morgan fingerprint density at radius 2 is 1.67 bits per heavy atom. The lowest BCUT2D eigenvalue weighted by molar-refractivity contribution is 0.0488. The van der Waals surface area contributed by atoms with Gasteiger partial charge in [-0.2, -0.15) is 0 Å². The van der Waals surface area contributed by atoms with Gasteiger partial charge in [-0.15, -0.1) is 0 Å². The van der Waals surface area contributed by atoms with Gasteiger partial charge >= 0.3 is 6.09 Å². The molecule has 2 rings (SSSR count). The summed E-state index contributed by atoms with van der Waals surface area (Å²) in [4.78, 5) is 11.9. The normalized spacial score (nSPS) is 20.7. The van der Waals surface area contributed by atoms with Gasteiger partial charge < -0.3 is 15.4 Å². The molecule has 4 nitrogen and oxygen atoms in total. The van der Waals surface area contributed by atoms with Gasteiger partial charge in [-0.25, -0.2) is 4.79 Å². The number of rotatable bonds is 7. The molecule has 2 N–H and O–H groups in total. The summed E-state index contributed by atoms with van der Waals surface area (Å²) in [5.41, 5.74) is -0.441. The Morgan fingerprint density at radius 1 is 1.14 bits per heavy atom. The zero-order chi connectivity index (χ0) is 15.6. The summed E-state index contributed by atoms with van der Waals surface area (Å²) in [5, 5.41) is 6.75. The highest BCUT2D eigenvalue weighted by Crippen LogP contribution is 2.44. The van der Waals surface area contributed by atoms with Crippen LogP contribution in [-0.4, -0.2) is 30.3 Å². The predicted octanol–water partition coefficient (Wildman–Crippen LogP) is 3.31. The van der Waals surface area contributed by atoms with Gasteiger partial charge in [0, 0.05) is 18.6 Å². The van der Waals surface area contributed by atoms with E-state index in [1.165, 1.54) is 25.7 Å². The molecule has 0 spiro atoms. The molecule has 0 heterocycles. The molecule has 1 unspecified atom stereocenters. The zero-order valence-electron chi connectivity index (χ0n) is 14.2. The van der Waals surface area contributed by atoms with E-state index in [4.69, 9.17) is 4.74 Å². The summed E-state index contributed by atoms with van der Waals surface area (Å²) < 4.78 is 5.37. The third kappa shape index (κ3) is 5.85. The predicted molar refractivity (Wildman–Crippen MR) is 85.2 cm³/mol. The molecule has 21 heavy (non-hydrogen) atoms. The van der Waals surface area contributed by atoms with Crippen molar-refractivity contribution in [1.82, 2.24) is 10.6 Å². The van der Waals surface area contributed by atoms with E-state index in [0.29, 0.717) is 12.0 Å². The van der Waals surface area contributed by atoms with Crippen LogP contribution in [0.5, 0.6) is 0 Å². The van der Waals surface area contributed by atoms with Gasteiger partial charge in [-0.05, 0) is 64.2 Å². The van der Waals surface area contributed by atoms with Crippen LogP contribution in [0.4, 0.5) is 4.79 Å². The number of hydrogen-bond acceptors (Lipinski definition) is 3. The number of alkyl carbamates (subject to hydrolysis) is 1. The van der Waals surface area contributed by atoms with Crippen LogP contribution < -0.4 is 10.6 Å². The second kappa shape index (κ2) is 6.55. The maximum absolute atomic E-state index is 11.9. The Bertz CT molecular complexity index is 342. The molecule has 1 atom stereocenters. The number of hydrogen-bond donors (Lipinski definition) is 2. The molecule has 122 valence electrons. The van der Waals surface area contributed by atoms with Gasteiger partial charge in [-0.3, -0.25) is 0 Å². The summed E-state index contributed by atoms with van der Waals surface area (Å²) in [6.07, 6.45) is 5.19. The Kier molecular flexibility index (Phi) is 5.18. The minimum Gasteiger partial charge on any atom is -0.444 e. The van der Waals surface area contributed by atoms with Crippen LogP contribution in [0.1, 0.15) is 60.3 Å². The summed E-state index contributed by atoms with van der Waals surface area (Å²) in [7, 11) is 0. The van der Waals surface area contributed by atoms with E-state index in [0.717, 1.165) is 18.4 Å². The molecule has 0 aromatic carbocycles. The zero-order valence-corrected chi connectivity index (χ0v) is 14.2. The number of carbonyl (C=O) groups excluding carboxylic acids is 1. The van der Waals surface area contributed by atoms with E-state index < -0.39 is 5.60 Å². The summed E-state index contributed by atoms with van der Waals surface area (Å²) >= 11 is 0. The minimum atomic E-state index is -0.441. The Labute approximate surface area is 129 Å². The van der Waals surface area contributed by atoms with Crippen molar-refractivity contribution in [2.45, 2.75) is 78.0 Å². The third-order valence-electron chi connectivity index (χ3n) is 4.34. The smallest absolute Gasteiger partial charge is 0.407 e.